The van der Waals surface area contributed by atoms with Crippen molar-refractivity contribution in [2.24, 2.45) is 0 Å². The zero-order chi connectivity index (χ0) is 12.8. The molecule has 4 rings (SSSR count). The van der Waals surface area contributed by atoms with Crippen LogP contribution in [0.25, 0.3) is 10.9 Å². The van der Waals surface area contributed by atoms with Crippen LogP contribution in [0.5, 0.6) is 0 Å². The summed E-state index contributed by atoms with van der Waals surface area (Å²) >= 11 is 6.44. The molecule has 98 valence electrons. The molecule has 0 bridgehead atoms. The number of hydrogen-bond acceptors (Lipinski definition) is 2. The topological polar surface area (TPSA) is 24.9 Å². The van der Waals surface area contributed by atoms with Crippen molar-refractivity contribution >= 4 is 22.5 Å². The van der Waals surface area contributed by atoms with Crippen LogP contribution in [0.4, 0.5) is 0 Å². The van der Waals surface area contributed by atoms with Crippen LogP contribution in [0, 0.1) is 0 Å². The van der Waals surface area contributed by atoms with Gasteiger partial charge in [-0.15, -0.1) is 0 Å². The van der Waals surface area contributed by atoms with Crippen molar-refractivity contribution in [2.75, 3.05) is 13.1 Å². The lowest BCUT2D eigenvalue weighted by Gasteiger charge is -2.10. The van der Waals surface area contributed by atoms with Gasteiger partial charge in [-0.1, -0.05) is 11.6 Å². The third-order valence-corrected chi connectivity index (χ3v) is 4.51. The highest BCUT2D eigenvalue weighted by Crippen LogP contribution is 2.42. The zero-order valence-corrected chi connectivity index (χ0v) is 11.6. The van der Waals surface area contributed by atoms with Gasteiger partial charge in [0.25, 0.3) is 0 Å². The number of nitrogens with zero attached hydrogens (tertiary/aromatic N) is 1. The SMILES string of the molecule is Clc1cc(C2CC2)cc2cc3c(nc12)CCNCC3. The number of nitrogens with one attached hydrogen (secondary N) is 1. The molecule has 3 heteroatoms. The number of benzene rings is 1. The number of hydrogen-bond donors (Lipinski definition) is 1. The molecule has 0 spiro atoms. The average molecular weight is 273 g/mol. The average Bonchev–Trinajstić information content (AvgIpc) is 3.23. The van der Waals surface area contributed by atoms with Crippen LogP contribution in [0.1, 0.15) is 35.6 Å². The Morgan fingerprint density at radius 3 is 2.79 bits per heavy atom. The van der Waals surface area contributed by atoms with Crippen molar-refractivity contribution in [2.45, 2.75) is 31.6 Å². The standard InChI is InChI=1S/C16H17ClN2/c17-14-9-12(10-1-2-10)8-13-7-11-3-5-18-6-4-15(11)19-16(13)14/h7-10,18H,1-6H2. The van der Waals surface area contributed by atoms with E-state index in [-0.39, 0.29) is 0 Å². The lowest BCUT2D eigenvalue weighted by molar-refractivity contribution is 0.708. The molecule has 0 amide bonds. The molecule has 1 N–H and O–H groups in total. The van der Waals surface area contributed by atoms with Gasteiger partial charge in [0.1, 0.15) is 0 Å². The molecule has 19 heavy (non-hydrogen) atoms. The number of fused-ring (bicyclic) bond motifs is 2. The zero-order valence-electron chi connectivity index (χ0n) is 10.9. The molecule has 2 nitrogen and oxygen atoms in total. The molecule has 0 atom stereocenters. The summed E-state index contributed by atoms with van der Waals surface area (Å²) in [6.07, 6.45) is 4.70. The Morgan fingerprint density at radius 2 is 1.95 bits per heavy atom. The summed E-state index contributed by atoms with van der Waals surface area (Å²) in [4.78, 5) is 4.82. The van der Waals surface area contributed by atoms with Crippen LogP contribution >= 0.6 is 11.6 Å². The van der Waals surface area contributed by atoms with Crippen LogP contribution in [-0.4, -0.2) is 18.1 Å². The molecule has 0 saturated heterocycles. The van der Waals surface area contributed by atoms with E-state index in [1.807, 2.05) is 0 Å². The van der Waals surface area contributed by atoms with E-state index in [0.29, 0.717) is 0 Å². The molecule has 1 aromatic carbocycles. The highest BCUT2D eigenvalue weighted by molar-refractivity contribution is 6.35. The lowest BCUT2D eigenvalue weighted by Crippen LogP contribution is -2.16. The van der Waals surface area contributed by atoms with Crippen LogP contribution in [0.15, 0.2) is 18.2 Å². The van der Waals surface area contributed by atoms with E-state index >= 15 is 0 Å². The maximum Gasteiger partial charge on any atom is 0.0891 e. The van der Waals surface area contributed by atoms with E-state index < -0.39 is 0 Å². The summed E-state index contributed by atoms with van der Waals surface area (Å²) < 4.78 is 0. The number of aromatic nitrogens is 1. The Labute approximate surface area is 118 Å². The second-order valence-corrected chi connectivity index (χ2v) is 6.10. The van der Waals surface area contributed by atoms with E-state index in [1.165, 1.54) is 35.0 Å². The first kappa shape index (κ1) is 11.7. The molecule has 1 aromatic heterocycles. The molecular weight excluding hydrogens is 256 g/mol. The van der Waals surface area contributed by atoms with E-state index in [9.17, 15) is 0 Å². The molecular formula is C16H17ClN2. The smallest absolute Gasteiger partial charge is 0.0891 e. The van der Waals surface area contributed by atoms with Gasteiger partial charge in [-0.25, -0.2) is 0 Å². The summed E-state index contributed by atoms with van der Waals surface area (Å²) in [6, 6.07) is 6.73. The highest BCUT2D eigenvalue weighted by atomic mass is 35.5. The lowest BCUT2D eigenvalue weighted by atomic mass is 10.0. The molecule has 2 aliphatic rings. The van der Waals surface area contributed by atoms with Gasteiger partial charge in [0.15, 0.2) is 0 Å². The number of pyridine rings is 1. The molecule has 2 heterocycles. The minimum Gasteiger partial charge on any atom is -0.316 e. The third-order valence-electron chi connectivity index (χ3n) is 4.22. The maximum atomic E-state index is 6.44. The molecule has 0 unspecified atom stereocenters. The normalized spacial score (nSPS) is 19.2. The fraction of sp³-hybridized carbons (Fsp3) is 0.438. The van der Waals surface area contributed by atoms with Gasteiger partial charge in [-0.2, -0.15) is 0 Å². The van der Waals surface area contributed by atoms with Gasteiger partial charge in [-0.05, 0) is 61.1 Å². The summed E-state index contributed by atoms with van der Waals surface area (Å²) in [5, 5.41) is 5.47. The summed E-state index contributed by atoms with van der Waals surface area (Å²) in [5.74, 6) is 0.738. The van der Waals surface area contributed by atoms with E-state index in [4.69, 9.17) is 16.6 Å². The fourth-order valence-electron chi connectivity index (χ4n) is 2.99. The van der Waals surface area contributed by atoms with Crippen molar-refractivity contribution in [1.29, 1.82) is 0 Å². The van der Waals surface area contributed by atoms with Crippen LogP contribution < -0.4 is 5.32 Å². The summed E-state index contributed by atoms with van der Waals surface area (Å²) in [7, 11) is 0. The summed E-state index contributed by atoms with van der Waals surface area (Å²) in [5.41, 5.74) is 4.98. The second kappa shape index (κ2) is 4.46. The minimum absolute atomic E-state index is 0.738. The molecule has 2 aromatic rings. The van der Waals surface area contributed by atoms with E-state index in [2.05, 4.69) is 23.5 Å². The van der Waals surface area contributed by atoms with Crippen LogP contribution in [0.2, 0.25) is 5.02 Å². The number of rotatable bonds is 1. The first-order chi connectivity index (χ1) is 9.31. The predicted octanol–water partition coefficient (Wildman–Crippen LogP) is 3.45. The summed E-state index contributed by atoms with van der Waals surface area (Å²) in [6.45, 7) is 2.07. The Balaban J connectivity index is 1.90. The third kappa shape index (κ3) is 2.13. The largest absolute Gasteiger partial charge is 0.316 e. The van der Waals surface area contributed by atoms with Crippen molar-refractivity contribution < 1.29 is 0 Å². The van der Waals surface area contributed by atoms with Crippen LogP contribution in [-0.2, 0) is 12.8 Å². The quantitative estimate of drug-likeness (QED) is 0.860. The first-order valence-corrected chi connectivity index (χ1v) is 7.52. The Bertz CT molecular complexity index is 647. The van der Waals surface area contributed by atoms with Crippen molar-refractivity contribution in [1.82, 2.24) is 10.3 Å². The van der Waals surface area contributed by atoms with Gasteiger partial charge >= 0.3 is 0 Å². The monoisotopic (exact) mass is 272 g/mol. The molecule has 0 radical (unpaired) electrons. The first-order valence-electron chi connectivity index (χ1n) is 7.14. The predicted molar refractivity (Wildman–Crippen MR) is 79.0 cm³/mol. The molecule has 1 aliphatic carbocycles. The maximum absolute atomic E-state index is 6.44. The van der Waals surface area contributed by atoms with Gasteiger partial charge in [0.2, 0.25) is 0 Å². The van der Waals surface area contributed by atoms with Crippen molar-refractivity contribution in [3.05, 3.63) is 40.0 Å². The molecule has 1 aliphatic heterocycles. The minimum atomic E-state index is 0.738. The van der Waals surface area contributed by atoms with Gasteiger partial charge in [0, 0.05) is 24.0 Å². The number of halogens is 1. The van der Waals surface area contributed by atoms with Crippen molar-refractivity contribution in [3.8, 4) is 0 Å². The van der Waals surface area contributed by atoms with Crippen molar-refractivity contribution in [3.63, 3.8) is 0 Å². The van der Waals surface area contributed by atoms with Gasteiger partial charge < -0.3 is 5.32 Å². The second-order valence-electron chi connectivity index (χ2n) is 5.69. The fourth-order valence-corrected chi connectivity index (χ4v) is 3.27. The highest BCUT2D eigenvalue weighted by Gasteiger charge is 2.24. The van der Waals surface area contributed by atoms with Gasteiger partial charge in [0.05, 0.1) is 10.5 Å². The Kier molecular flexibility index (Phi) is 2.75. The Hall–Kier alpha value is -1.12. The van der Waals surface area contributed by atoms with E-state index in [1.54, 1.807) is 0 Å². The van der Waals surface area contributed by atoms with Crippen LogP contribution in [0.3, 0.4) is 0 Å². The molecule has 1 fully saturated rings. The molecule has 1 saturated carbocycles. The Morgan fingerprint density at radius 1 is 1.11 bits per heavy atom. The van der Waals surface area contributed by atoms with Gasteiger partial charge in [-0.3, -0.25) is 4.98 Å². The van der Waals surface area contributed by atoms with E-state index in [0.717, 1.165) is 42.4 Å².